The molecule has 0 amide bonds. The highest BCUT2D eigenvalue weighted by atomic mass is 16.5. The van der Waals surface area contributed by atoms with E-state index in [2.05, 4.69) is 18.7 Å². The molecule has 0 bridgehead atoms. The molecule has 0 spiro atoms. The predicted octanol–water partition coefficient (Wildman–Crippen LogP) is 2.59. The Morgan fingerprint density at radius 2 is 2.10 bits per heavy atom. The molecule has 1 aromatic rings. The normalized spacial score (nSPS) is 17.1. The first kappa shape index (κ1) is 15.5. The van der Waals surface area contributed by atoms with Gasteiger partial charge >= 0.3 is 0 Å². The van der Waals surface area contributed by atoms with Gasteiger partial charge < -0.3 is 14.3 Å². The third-order valence-electron chi connectivity index (χ3n) is 3.42. The van der Waals surface area contributed by atoms with Crippen LogP contribution < -0.4 is 0 Å². The summed E-state index contributed by atoms with van der Waals surface area (Å²) in [7, 11) is 0. The van der Waals surface area contributed by atoms with E-state index in [0.29, 0.717) is 31.7 Å². The van der Waals surface area contributed by atoms with E-state index in [9.17, 15) is 5.11 Å². The Bertz CT molecular complexity index is 398. The molecule has 0 unspecified atom stereocenters. The third-order valence-corrected chi connectivity index (χ3v) is 3.42. The molecule has 1 aromatic heterocycles. The van der Waals surface area contributed by atoms with Crippen molar-refractivity contribution < 1.29 is 14.3 Å². The summed E-state index contributed by atoms with van der Waals surface area (Å²) in [6.45, 7) is 8.74. The van der Waals surface area contributed by atoms with Gasteiger partial charge in [-0.25, -0.2) is 0 Å². The molecule has 4 heteroatoms. The lowest BCUT2D eigenvalue weighted by atomic mass is 10.2. The number of hydrogen-bond donors (Lipinski definition) is 1. The summed E-state index contributed by atoms with van der Waals surface area (Å²) in [6.07, 6.45) is 2.02. The molecule has 0 aliphatic heterocycles. The van der Waals surface area contributed by atoms with Crippen LogP contribution in [-0.4, -0.2) is 41.9 Å². The van der Waals surface area contributed by atoms with Crippen LogP contribution in [0.1, 0.15) is 38.2 Å². The molecule has 2 rings (SSSR count). The molecule has 1 atom stereocenters. The predicted molar refractivity (Wildman–Crippen MR) is 78.5 cm³/mol. The fraction of sp³-hybridized carbons (Fsp3) is 0.750. The van der Waals surface area contributed by atoms with Crippen molar-refractivity contribution in [2.45, 2.75) is 52.3 Å². The molecule has 20 heavy (non-hydrogen) atoms. The van der Waals surface area contributed by atoms with E-state index in [0.717, 1.165) is 18.1 Å². The van der Waals surface area contributed by atoms with Crippen LogP contribution in [0, 0.1) is 12.8 Å². The standard InChI is InChI=1S/C16H27NO3/c1-12(2)10-19-11-15(18)8-17(14-5-6-14)9-16-7-4-13(3)20-16/h4,7,12,14-15,18H,5-6,8-11H2,1-3H3/t15-/m1/s1. The molecule has 1 N–H and O–H groups in total. The summed E-state index contributed by atoms with van der Waals surface area (Å²) < 4.78 is 11.1. The lowest BCUT2D eigenvalue weighted by molar-refractivity contribution is 0.00450. The van der Waals surface area contributed by atoms with Gasteiger partial charge in [-0.15, -0.1) is 0 Å². The largest absolute Gasteiger partial charge is 0.465 e. The number of aliphatic hydroxyl groups is 1. The van der Waals surface area contributed by atoms with E-state index in [1.54, 1.807) is 0 Å². The molecular formula is C16H27NO3. The monoisotopic (exact) mass is 281 g/mol. The second-order valence-electron chi connectivity index (χ2n) is 6.26. The van der Waals surface area contributed by atoms with Gasteiger partial charge in [0.1, 0.15) is 11.5 Å². The summed E-state index contributed by atoms with van der Waals surface area (Å²) in [5.74, 6) is 2.43. The molecule has 1 fully saturated rings. The smallest absolute Gasteiger partial charge is 0.118 e. The molecule has 1 heterocycles. The average Bonchev–Trinajstić information content (AvgIpc) is 3.13. The molecule has 1 aliphatic carbocycles. The zero-order chi connectivity index (χ0) is 14.5. The molecule has 1 saturated carbocycles. The van der Waals surface area contributed by atoms with E-state index in [4.69, 9.17) is 9.15 Å². The third kappa shape index (κ3) is 5.27. The Labute approximate surface area is 121 Å². The maximum Gasteiger partial charge on any atom is 0.118 e. The van der Waals surface area contributed by atoms with Crippen molar-refractivity contribution >= 4 is 0 Å². The minimum atomic E-state index is -0.426. The molecule has 4 nitrogen and oxygen atoms in total. The van der Waals surface area contributed by atoms with Gasteiger partial charge in [-0.3, -0.25) is 4.90 Å². The van der Waals surface area contributed by atoms with Crippen LogP contribution in [0.4, 0.5) is 0 Å². The minimum absolute atomic E-state index is 0.415. The van der Waals surface area contributed by atoms with Crippen molar-refractivity contribution in [3.05, 3.63) is 23.7 Å². The van der Waals surface area contributed by atoms with Crippen LogP contribution in [0.2, 0.25) is 0 Å². The Balaban J connectivity index is 1.77. The van der Waals surface area contributed by atoms with Crippen LogP contribution in [0.15, 0.2) is 16.5 Å². The van der Waals surface area contributed by atoms with Gasteiger partial charge in [0.25, 0.3) is 0 Å². The van der Waals surface area contributed by atoms with Gasteiger partial charge in [-0.05, 0) is 37.8 Å². The van der Waals surface area contributed by atoms with Crippen LogP contribution >= 0.6 is 0 Å². The van der Waals surface area contributed by atoms with Gasteiger partial charge in [-0.2, -0.15) is 0 Å². The minimum Gasteiger partial charge on any atom is -0.465 e. The zero-order valence-electron chi connectivity index (χ0n) is 12.8. The molecule has 0 aromatic carbocycles. The summed E-state index contributed by atoms with van der Waals surface area (Å²) in [5, 5.41) is 10.1. The van der Waals surface area contributed by atoms with E-state index >= 15 is 0 Å². The molecule has 114 valence electrons. The van der Waals surface area contributed by atoms with Crippen molar-refractivity contribution in [2.24, 2.45) is 5.92 Å². The fourth-order valence-electron chi connectivity index (χ4n) is 2.32. The van der Waals surface area contributed by atoms with Crippen molar-refractivity contribution in [1.29, 1.82) is 0 Å². The maximum atomic E-state index is 10.1. The summed E-state index contributed by atoms with van der Waals surface area (Å²) in [6, 6.07) is 4.61. The van der Waals surface area contributed by atoms with Gasteiger partial charge in [0.15, 0.2) is 0 Å². The number of furan rings is 1. The highest BCUT2D eigenvalue weighted by Gasteiger charge is 2.30. The van der Waals surface area contributed by atoms with Gasteiger partial charge in [0.05, 0.1) is 19.3 Å². The fourth-order valence-corrected chi connectivity index (χ4v) is 2.32. The van der Waals surface area contributed by atoms with Crippen LogP contribution in [-0.2, 0) is 11.3 Å². The second kappa shape index (κ2) is 7.25. The lowest BCUT2D eigenvalue weighted by Gasteiger charge is -2.24. The second-order valence-corrected chi connectivity index (χ2v) is 6.26. The topological polar surface area (TPSA) is 45.8 Å². The number of nitrogens with zero attached hydrogens (tertiary/aromatic N) is 1. The summed E-state index contributed by atoms with van der Waals surface area (Å²) in [5.41, 5.74) is 0. The summed E-state index contributed by atoms with van der Waals surface area (Å²) >= 11 is 0. The Kier molecular flexibility index (Phi) is 5.64. The Hall–Kier alpha value is -0.840. The van der Waals surface area contributed by atoms with Crippen molar-refractivity contribution in [2.75, 3.05) is 19.8 Å². The van der Waals surface area contributed by atoms with Crippen LogP contribution in [0.25, 0.3) is 0 Å². The molecule has 0 saturated heterocycles. The van der Waals surface area contributed by atoms with E-state index in [1.807, 2.05) is 19.1 Å². The number of aliphatic hydroxyl groups excluding tert-OH is 1. The Morgan fingerprint density at radius 1 is 1.35 bits per heavy atom. The molecule has 0 radical (unpaired) electrons. The summed E-state index contributed by atoms with van der Waals surface area (Å²) in [4.78, 5) is 2.31. The van der Waals surface area contributed by atoms with E-state index < -0.39 is 6.10 Å². The highest BCUT2D eigenvalue weighted by molar-refractivity contribution is 5.06. The zero-order valence-corrected chi connectivity index (χ0v) is 12.8. The van der Waals surface area contributed by atoms with Crippen LogP contribution in [0.3, 0.4) is 0 Å². The van der Waals surface area contributed by atoms with Crippen molar-refractivity contribution in [3.63, 3.8) is 0 Å². The quantitative estimate of drug-likeness (QED) is 0.755. The van der Waals surface area contributed by atoms with Crippen LogP contribution in [0.5, 0.6) is 0 Å². The Morgan fingerprint density at radius 3 is 2.65 bits per heavy atom. The van der Waals surface area contributed by atoms with E-state index in [-0.39, 0.29) is 0 Å². The number of ether oxygens (including phenoxy) is 1. The lowest BCUT2D eigenvalue weighted by Crippen LogP contribution is -2.36. The number of aryl methyl sites for hydroxylation is 1. The first-order valence-electron chi connectivity index (χ1n) is 7.59. The van der Waals surface area contributed by atoms with Crippen molar-refractivity contribution in [3.8, 4) is 0 Å². The highest BCUT2D eigenvalue weighted by Crippen LogP contribution is 2.28. The van der Waals surface area contributed by atoms with Gasteiger partial charge in [0.2, 0.25) is 0 Å². The average molecular weight is 281 g/mol. The van der Waals surface area contributed by atoms with E-state index in [1.165, 1.54) is 12.8 Å². The maximum absolute atomic E-state index is 10.1. The first-order chi connectivity index (χ1) is 9.54. The number of rotatable bonds is 9. The van der Waals surface area contributed by atoms with Gasteiger partial charge in [0, 0.05) is 19.2 Å². The molecular weight excluding hydrogens is 254 g/mol. The number of hydrogen-bond acceptors (Lipinski definition) is 4. The van der Waals surface area contributed by atoms with Gasteiger partial charge in [-0.1, -0.05) is 13.8 Å². The SMILES string of the molecule is Cc1ccc(CN(C[C@@H](O)COCC(C)C)C2CC2)o1. The van der Waals surface area contributed by atoms with Crippen molar-refractivity contribution in [1.82, 2.24) is 4.90 Å². The first-order valence-corrected chi connectivity index (χ1v) is 7.59. The molecule has 1 aliphatic rings.